The molecule has 1 aliphatic rings. The number of hydrogen-bond acceptors (Lipinski definition) is 5. The van der Waals surface area contributed by atoms with Gasteiger partial charge >= 0.3 is 0 Å². The maximum absolute atomic E-state index is 12.2. The molecule has 2 heterocycles. The Bertz CT molecular complexity index is 824. The van der Waals surface area contributed by atoms with Gasteiger partial charge in [0.1, 0.15) is 5.75 Å². The van der Waals surface area contributed by atoms with Crippen LogP contribution in [0.5, 0.6) is 5.75 Å². The number of methoxy groups -OCH3 is 1. The van der Waals surface area contributed by atoms with Crippen LogP contribution in [0.1, 0.15) is 36.4 Å². The zero-order valence-corrected chi connectivity index (χ0v) is 16.6. The quantitative estimate of drug-likeness (QED) is 0.598. The van der Waals surface area contributed by atoms with Crippen molar-refractivity contribution in [3.63, 3.8) is 0 Å². The summed E-state index contributed by atoms with van der Waals surface area (Å²) in [5.74, 6) is 0.500. The van der Waals surface area contributed by atoms with Crippen LogP contribution >= 0.6 is 12.2 Å². The van der Waals surface area contributed by atoms with Gasteiger partial charge in [-0.15, -0.1) is 0 Å². The molecule has 146 valence electrons. The van der Waals surface area contributed by atoms with Crippen LogP contribution in [0.25, 0.3) is 6.08 Å². The highest BCUT2D eigenvalue weighted by atomic mass is 32.1. The molecule has 1 aromatic carbocycles. The van der Waals surface area contributed by atoms with Gasteiger partial charge in [-0.1, -0.05) is 24.6 Å². The predicted molar refractivity (Wildman–Crippen MR) is 113 cm³/mol. The molecule has 1 amide bonds. The topological polar surface area (TPSA) is 66.5 Å². The highest BCUT2D eigenvalue weighted by molar-refractivity contribution is 7.80. The van der Waals surface area contributed by atoms with Crippen LogP contribution in [0.3, 0.4) is 0 Å². The molecule has 0 spiro atoms. The van der Waals surface area contributed by atoms with E-state index in [0.29, 0.717) is 5.11 Å². The minimum Gasteiger partial charge on any atom is -0.497 e. The number of piperidine rings is 1. The number of pyridine rings is 1. The Morgan fingerprint density at radius 2 is 2.11 bits per heavy atom. The number of thiocarbonyl (C=S) groups is 1. The highest BCUT2D eigenvalue weighted by Crippen LogP contribution is 2.28. The minimum atomic E-state index is -0.275. The first-order valence-corrected chi connectivity index (χ1v) is 9.67. The van der Waals surface area contributed by atoms with Crippen LogP contribution in [-0.4, -0.2) is 34.7 Å². The number of amides is 1. The van der Waals surface area contributed by atoms with Crippen molar-refractivity contribution in [1.29, 1.82) is 0 Å². The van der Waals surface area contributed by atoms with E-state index >= 15 is 0 Å². The Hall–Kier alpha value is -2.77. The molecule has 0 unspecified atom stereocenters. The summed E-state index contributed by atoms with van der Waals surface area (Å²) in [6.45, 7) is 0.858. The van der Waals surface area contributed by atoms with Gasteiger partial charge in [-0.3, -0.25) is 20.5 Å². The normalized spacial score (nSPS) is 17.2. The smallest absolute Gasteiger partial charge is 0.250 e. The van der Waals surface area contributed by atoms with Gasteiger partial charge in [-0.05, 0) is 60.5 Å². The number of hydrazine groups is 1. The Balaban J connectivity index is 1.54. The first-order chi connectivity index (χ1) is 13.7. The summed E-state index contributed by atoms with van der Waals surface area (Å²) >= 11 is 5.33. The van der Waals surface area contributed by atoms with Crippen LogP contribution in [-0.2, 0) is 4.79 Å². The van der Waals surface area contributed by atoms with Gasteiger partial charge in [-0.2, -0.15) is 0 Å². The van der Waals surface area contributed by atoms with E-state index < -0.39 is 0 Å². The third kappa shape index (κ3) is 5.61. The van der Waals surface area contributed by atoms with Crippen molar-refractivity contribution in [3.05, 3.63) is 66.0 Å². The number of carbonyl (C=O) groups is 1. The van der Waals surface area contributed by atoms with Crippen molar-refractivity contribution in [1.82, 2.24) is 20.7 Å². The Labute approximate surface area is 170 Å². The fourth-order valence-corrected chi connectivity index (χ4v) is 3.40. The van der Waals surface area contributed by atoms with Gasteiger partial charge in [0.25, 0.3) is 0 Å². The Morgan fingerprint density at radius 1 is 1.29 bits per heavy atom. The second-order valence-corrected chi connectivity index (χ2v) is 6.94. The summed E-state index contributed by atoms with van der Waals surface area (Å²) in [4.78, 5) is 16.4. The van der Waals surface area contributed by atoms with Crippen LogP contribution in [0.4, 0.5) is 0 Å². The van der Waals surface area contributed by atoms with Crippen LogP contribution < -0.4 is 15.5 Å². The average molecular weight is 397 g/mol. The molecule has 7 heteroatoms. The fourth-order valence-electron chi connectivity index (χ4n) is 3.18. The number of ether oxygens (including phenoxy) is 1. The SMILES string of the molecule is COc1ccc(/C=C/C(=O)NC(=S)NN2CCCC[C@@H]2c2cccnc2)cc1. The van der Waals surface area contributed by atoms with Crippen molar-refractivity contribution in [3.8, 4) is 5.75 Å². The monoisotopic (exact) mass is 396 g/mol. The van der Waals surface area contributed by atoms with Crippen molar-refractivity contribution in [2.75, 3.05) is 13.7 Å². The summed E-state index contributed by atoms with van der Waals surface area (Å²) in [6.07, 6.45) is 10.1. The molecule has 0 saturated carbocycles. The predicted octanol–water partition coefficient (Wildman–Crippen LogP) is 3.24. The van der Waals surface area contributed by atoms with Gasteiger partial charge in [0.15, 0.2) is 5.11 Å². The van der Waals surface area contributed by atoms with E-state index in [1.807, 2.05) is 36.5 Å². The van der Waals surface area contributed by atoms with E-state index in [-0.39, 0.29) is 11.9 Å². The molecule has 6 nitrogen and oxygen atoms in total. The minimum absolute atomic E-state index is 0.187. The van der Waals surface area contributed by atoms with E-state index in [1.165, 1.54) is 6.08 Å². The maximum atomic E-state index is 12.2. The lowest BCUT2D eigenvalue weighted by Crippen LogP contribution is -2.51. The van der Waals surface area contributed by atoms with Gasteiger partial charge in [-0.25, -0.2) is 5.01 Å². The largest absolute Gasteiger partial charge is 0.497 e. The van der Waals surface area contributed by atoms with E-state index in [1.54, 1.807) is 19.4 Å². The molecule has 1 aromatic heterocycles. The van der Waals surface area contributed by atoms with Crippen molar-refractivity contribution < 1.29 is 9.53 Å². The number of aromatic nitrogens is 1. The summed E-state index contributed by atoms with van der Waals surface area (Å²) in [7, 11) is 1.62. The maximum Gasteiger partial charge on any atom is 0.250 e. The van der Waals surface area contributed by atoms with E-state index in [0.717, 1.165) is 42.7 Å². The molecule has 0 bridgehead atoms. The molecule has 1 aliphatic heterocycles. The standard InChI is InChI=1S/C21H24N4O2S/c1-27-18-10-7-16(8-11-18)9-12-20(26)23-21(28)24-25-14-3-2-6-19(25)17-5-4-13-22-15-17/h4-5,7-13,15,19H,2-3,6,14H2,1H3,(H2,23,24,26,28)/b12-9+/t19-/m1/s1. The van der Waals surface area contributed by atoms with Gasteiger partial charge < -0.3 is 4.74 Å². The number of rotatable bonds is 5. The van der Waals surface area contributed by atoms with Crippen LogP contribution in [0.2, 0.25) is 0 Å². The molecule has 1 saturated heterocycles. The first kappa shape index (κ1) is 20.0. The molecule has 3 rings (SSSR count). The lowest BCUT2D eigenvalue weighted by Gasteiger charge is -2.36. The summed E-state index contributed by atoms with van der Waals surface area (Å²) < 4.78 is 5.12. The van der Waals surface area contributed by atoms with Crippen LogP contribution in [0.15, 0.2) is 54.9 Å². The van der Waals surface area contributed by atoms with E-state index in [9.17, 15) is 4.79 Å². The number of benzene rings is 1. The fraction of sp³-hybridized carbons (Fsp3) is 0.286. The first-order valence-electron chi connectivity index (χ1n) is 9.26. The molecule has 2 N–H and O–H groups in total. The third-order valence-corrected chi connectivity index (χ3v) is 4.79. The zero-order valence-electron chi connectivity index (χ0n) is 15.8. The summed E-state index contributed by atoms with van der Waals surface area (Å²) in [5.41, 5.74) is 5.21. The number of hydrogen-bond donors (Lipinski definition) is 2. The molecule has 28 heavy (non-hydrogen) atoms. The molecule has 0 radical (unpaired) electrons. The summed E-state index contributed by atoms with van der Waals surface area (Å²) in [6, 6.07) is 11.6. The highest BCUT2D eigenvalue weighted by Gasteiger charge is 2.24. The number of nitrogens with one attached hydrogen (secondary N) is 2. The van der Waals surface area contributed by atoms with Gasteiger partial charge in [0, 0.05) is 25.0 Å². The second kappa shape index (κ2) is 9.96. The second-order valence-electron chi connectivity index (χ2n) is 6.53. The van der Waals surface area contributed by atoms with Crippen molar-refractivity contribution >= 4 is 29.3 Å². The molecule has 1 atom stereocenters. The lowest BCUT2D eigenvalue weighted by molar-refractivity contribution is -0.115. The summed E-state index contributed by atoms with van der Waals surface area (Å²) in [5, 5.41) is 5.08. The zero-order chi connectivity index (χ0) is 19.8. The molecule has 1 fully saturated rings. The van der Waals surface area contributed by atoms with Crippen LogP contribution in [0, 0.1) is 0 Å². The molecular formula is C21H24N4O2S. The van der Waals surface area contributed by atoms with E-state index in [2.05, 4.69) is 26.8 Å². The van der Waals surface area contributed by atoms with Gasteiger partial charge in [0.2, 0.25) is 5.91 Å². The number of carbonyl (C=O) groups excluding carboxylic acids is 1. The Kier molecular flexibility index (Phi) is 7.11. The third-order valence-electron chi connectivity index (χ3n) is 4.60. The van der Waals surface area contributed by atoms with Gasteiger partial charge in [0.05, 0.1) is 13.2 Å². The average Bonchev–Trinajstić information content (AvgIpc) is 2.73. The van der Waals surface area contributed by atoms with E-state index in [4.69, 9.17) is 17.0 Å². The van der Waals surface area contributed by atoms with Crippen molar-refractivity contribution in [2.24, 2.45) is 0 Å². The lowest BCUT2D eigenvalue weighted by atomic mass is 9.98. The molecular weight excluding hydrogens is 372 g/mol. The molecule has 2 aromatic rings. The van der Waals surface area contributed by atoms with Crippen molar-refractivity contribution in [2.45, 2.75) is 25.3 Å². The molecule has 0 aliphatic carbocycles. The number of nitrogens with zero attached hydrogens (tertiary/aromatic N) is 2. The Morgan fingerprint density at radius 3 is 2.82 bits per heavy atom.